The molecular formula is C18H20F2N6O2S. The molecule has 0 aliphatic rings. The van der Waals surface area contributed by atoms with Crippen molar-refractivity contribution >= 4 is 15.8 Å². The maximum absolute atomic E-state index is 13.2. The fourth-order valence-electron chi connectivity index (χ4n) is 2.62. The number of aryl methyl sites for hydroxylation is 1. The van der Waals surface area contributed by atoms with Gasteiger partial charge in [0.05, 0.1) is 10.6 Å². The first-order valence-corrected chi connectivity index (χ1v) is 10.2. The van der Waals surface area contributed by atoms with Crippen LogP contribution in [0.25, 0.3) is 5.82 Å². The lowest BCUT2D eigenvalue weighted by molar-refractivity contribution is 0.562. The summed E-state index contributed by atoms with van der Waals surface area (Å²) in [6.45, 7) is 6.03. The molecule has 0 atom stereocenters. The Bertz CT molecular complexity index is 1110. The van der Waals surface area contributed by atoms with E-state index in [0.29, 0.717) is 17.7 Å². The maximum atomic E-state index is 13.2. The highest BCUT2D eigenvalue weighted by atomic mass is 32.2. The molecule has 154 valence electrons. The lowest BCUT2D eigenvalue weighted by atomic mass is 10.2. The molecule has 0 aliphatic heterocycles. The van der Waals surface area contributed by atoms with Crippen LogP contribution in [0.3, 0.4) is 0 Å². The molecule has 0 saturated heterocycles. The molecule has 0 saturated carbocycles. The van der Waals surface area contributed by atoms with E-state index in [2.05, 4.69) is 25.3 Å². The van der Waals surface area contributed by atoms with Crippen LogP contribution in [0.2, 0.25) is 0 Å². The second-order valence-corrected chi connectivity index (χ2v) is 8.18. The van der Waals surface area contributed by atoms with Crippen LogP contribution in [0, 0.1) is 32.4 Å². The van der Waals surface area contributed by atoms with Gasteiger partial charge in [-0.05, 0) is 50.6 Å². The van der Waals surface area contributed by atoms with E-state index in [1.807, 2.05) is 20.8 Å². The first-order valence-electron chi connectivity index (χ1n) is 8.74. The number of nitrogens with one attached hydrogen (secondary N) is 2. The Morgan fingerprint density at radius 1 is 1.00 bits per heavy atom. The topological polar surface area (TPSA) is 102 Å². The number of rotatable bonds is 7. The second kappa shape index (κ2) is 8.21. The highest BCUT2D eigenvalue weighted by Crippen LogP contribution is 2.16. The number of sulfonamides is 1. The minimum absolute atomic E-state index is 0.0133. The van der Waals surface area contributed by atoms with Gasteiger partial charge < -0.3 is 5.32 Å². The van der Waals surface area contributed by atoms with Gasteiger partial charge in [0.1, 0.15) is 17.5 Å². The number of aromatic nitrogens is 4. The summed E-state index contributed by atoms with van der Waals surface area (Å²) >= 11 is 0. The Labute approximate surface area is 167 Å². The molecule has 2 heterocycles. The van der Waals surface area contributed by atoms with Gasteiger partial charge in [-0.2, -0.15) is 5.10 Å². The Kier molecular flexibility index (Phi) is 5.89. The fraction of sp³-hybridized carbons (Fsp3) is 0.278. The lowest BCUT2D eigenvalue weighted by Crippen LogP contribution is -2.29. The van der Waals surface area contributed by atoms with E-state index in [0.717, 1.165) is 29.1 Å². The Balaban J connectivity index is 1.57. The number of hydrogen-bond acceptors (Lipinski definition) is 6. The predicted octanol–water partition coefficient (Wildman–Crippen LogP) is 2.26. The Morgan fingerprint density at radius 3 is 2.24 bits per heavy atom. The third-order valence-electron chi connectivity index (χ3n) is 4.39. The zero-order valence-corrected chi connectivity index (χ0v) is 16.9. The van der Waals surface area contributed by atoms with Gasteiger partial charge >= 0.3 is 0 Å². The van der Waals surface area contributed by atoms with Gasteiger partial charge in [0.25, 0.3) is 0 Å². The van der Waals surface area contributed by atoms with Crippen molar-refractivity contribution in [3.8, 4) is 5.82 Å². The van der Waals surface area contributed by atoms with E-state index in [9.17, 15) is 17.2 Å². The molecule has 0 unspecified atom stereocenters. The van der Waals surface area contributed by atoms with Crippen molar-refractivity contribution in [1.82, 2.24) is 24.7 Å². The Hall–Kier alpha value is -2.92. The van der Waals surface area contributed by atoms with Crippen molar-refractivity contribution in [2.75, 3.05) is 18.4 Å². The van der Waals surface area contributed by atoms with Crippen molar-refractivity contribution in [2.24, 2.45) is 0 Å². The normalized spacial score (nSPS) is 11.6. The molecule has 11 heteroatoms. The summed E-state index contributed by atoms with van der Waals surface area (Å²) in [6, 6.07) is 5.56. The predicted molar refractivity (Wildman–Crippen MR) is 103 cm³/mol. The molecule has 2 aromatic heterocycles. The van der Waals surface area contributed by atoms with Gasteiger partial charge in [0, 0.05) is 24.8 Å². The second-order valence-electron chi connectivity index (χ2n) is 6.41. The van der Waals surface area contributed by atoms with E-state index in [-0.39, 0.29) is 13.1 Å². The highest BCUT2D eigenvalue weighted by molar-refractivity contribution is 7.89. The molecule has 1 aromatic carbocycles. The summed E-state index contributed by atoms with van der Waals surface area (Å²) in [5.74, 6) is -0.908. The lowest BCUT2D eigenvalue weighted by Gasteiger charge is -2.09. The number of hydrogen-bond donors (Lipinski definition) is 2. The van der Waals surface area contributed by atoms with E-state index in [1.54, 1.807) is 16.8 Å². The number of anilines is 1. The van der Waals surface area contributed by atoms with Gasteiger partial charge in [-0.1, -0.05) is 0 Å². The zero-order chi connectivity index (χ0) is 21.2. The molecule has 0 aliphatic carbocycles. The van der Waals surface area contributed by atoms with Crippen molar-refractivity contribution in [1.29, 1.82) is 0 Å². The first kappa shape index (κ1) is 20.8. The van der Waals surface area contributed by atoms with Crippen molar-refractivity contribution in [2.45, 2.75) is 25.7 Å². The molecular weight excluding hydrogens is 402 g/mol. The molecule has 29 heavy (non-hydrogen) atoms. The minimum atomic E-state index is -4.03. The Morgan fingerprint density at radius 2 is 1.69 bits per heavy atom. The molecule has 0 spiro atoms. The molecule has 0 fully saturated rings. The van der Waals surface area contributed by atoms with E-state index < -0.39 is 26.6 Å². The molecule has 3 rings (SSSR count). The van der Waals surface area contributed by atoms with E-state index in [4.69, 9.17) is 0 Å². The quantitative estimate of drug-likeness (QED) is 0.567. The average Bonchev–Trinajstić information content (AvgIpc) is 2.92. The van der Waals surface area contributed by atoms with Crippen LogP contribution in [-0.2, 0) is 10.0 Å². The minimum Gasteiger partial charge on any atom is -0.367 e. The van der Waals surface area contributed by atoms with Gasteiger partial charge in [0.2, 0.25) is 10.0 Å². The molecule has 3 aromatic rings. The summed E-state index contributed by atoms with van der Waals surface area (Å²) in [5, 5.41) is 15.5. The van der Waals surface area contributed by atoms with Gasteiger partial charge in [-0.3, -0.25) is 0 Å². The largest absolute Gasteiger partial charge is 0.367 e. The van der Waals surface area contributed by atoms with Crippen LogP contribution in [0.15, 0.2) is 35.2 Å². The van der Waals surface area contributed by atoms with Crippen molar-refractivity contribution in [3.05, 3.63) is 58.9 Å². The molecule has 0 amide bonds. The summed E-state index contributed by atoms with van der Waals surface area (Å²) < 4.78 is 54.6. The standard InChI is InChI=1S/C18H20F2N6O2S/c1-11-12(2)25-26(13(11)3)18-5-4-17(23-24-18)21-6-7-22-29(27,28)16-9-14(19)8-15(20)10-16/h4-5,8-10,22H,6-7H2,1-3H3,(H,21,23). The summed E-state index contributed by atoms with van der Waals surface area (Å²) in [6.07, 6.45) is 0. The van der Waals surface area contributed by atoms with Crippen LogP contribution in [-0.4, -0.2) is 41.5 Å². The highest BCUT2D eigenvalue weighted by Gasteiger charge is 2.16. The monoisotopic (exact) mass is 422 g/mol. The maximum Gasteiger partial charge on any atom is 0.240 e. The third-order valence-corrected chi connectivity index (χ3v) is 5.83. The van der Waals surface area contributed by atoms with Crippen molar-refractivity contribution < 1.29 is 17.2 Å². The summed E-state index contributed by atoms with van der Waals surface area (Å²) in [7, 11) is -4.03. The average molecular weight is 422 g/mol. The van der Waals surface area contributed by atoms with Crippen LogP contribution in [0.4, 0.5) is 14.6 Å². The number of halogens is 2. The summed E-state index contributed by atoms with van der Waals surface area (Å²) in [5.41, 5.74) is 2.97. The van der Waals surface area contributed by atoms with Crippen LogP contribution < -0.4 is 10.0 Å². The molecule has 0 radical (unpaired) electrons. The smallest absolute Gasteiger partial charge is 0.240 e. The molecule has 2 N–H and O–H groups in total. The van der Waals surface area contributed by atoms with Crippen LogP contribution in [0.1, 0.15) is 17.0 Å². The molecule has 0 bridgehead atoms. The summed E-state index contributed by atoms with van der Waals surface area (Å²) in [4.78, 5) is -0.473. The van der Waals surface area contributed by atoms with Crippen LogP contribution >= 0.6 is 0 Å². The third kappa shape index (κ3) is 4.74. The van der Waals surface area contributed by atoms with Crippen molar-refractivity contribution in [3.63, 3.8) is 0 Å². The molecule has 8 nitrogen and oxygen atoms in total. The van der Waals surface area contributed by atoms with E-state index in [1.165, 1.54) is 0 Å². The zero-order valence-electron chi connectivity index (χ0n) is 16.1. The first-order chi connectivity index (χ1) is 13.7. The van der Waals surface area contributed by atoms with Gasteiger partial charge in [-0.15, -0.1) is 10.2 Å². The van der Waals surface area contributed by atoms with Gasteiger partial charge in [0.15, 0.2) is 5.82 Å². The van der Waals surface area contributed by atoms with Crippen LogP contribution in [0.5, 0.6) is 0 Å². The van der Waals surface area contributed by atoms with E-state index >= 15 is 0 Å². The fourth-order valence-corrected chi connectivity index (χ4v) is 3.69. The van der Waals surface area contributed by atoms with Gasteiger partial charge in [-0.25, -0.2) is 26.6 Å². The SMILES string of the molecule is Cc1nn(-c2ccc(NCCNS(=O)(=O)c3cc(F)cc(F)c3)nn2)c(C)c1C. The number of benzene rings is 1. The number of nitrogens with zero attached hydrogens (tertiary/aromatic N) is 4.